The summed E-state index contributed by atoms with van der Waals surface area (Å²) >= 11 is 0. The number of carbonyl (C=O) groups is 1. The molecule has 1 fully saturated rings. The van der Waals surface area contributed by atoms with Crippen molar-refractivity contribution in [3.63, 3.8) is 0 Å². The van der Waals surface area contributed by atoms with Crippen LogP contribution in [0.3, 0.4) is 0 Å². The Hall–Kier alpha value is -1.46. The molecule has 1 aliphatic rings. The molecule has 1 aliphatic heterocycles. The number of carbonyl (C=O) groups excluding carboxylic acids is 1. The Labute approximate surface area is 119 Å². The number of amides is 1. The molecule has 2 rings (SSSR count). The molecule has 0 radical (unpaired) electrons. The standard InChI is InChI=1S/C15H21FN2O2/c1-12-3-4-14(16)13(11-12)15(19)18-7-5-17(6-8-18)9-10-20-2/h3-4,11H,5-10H2,1-2H3. The Balaban J connectivity index is 1.96. The van der Waals surface area contributed by atoms with Gasteiger partial charge in [-0.1, -0.05) is 11.6 Å². The topological polar surface area (TPSA) is 32.8 Å². The molecule has 4 nitrogen and oxygen atoms in total. The van der Waals surface area contributed by atoms with Crippen LogP contribution in [0, 0.1) is 12.7 Å². The highest BCUT2D eigenvalue weighted by Gasteiger charge is 2.23. The third kappa shape index (κ3) is 3.55. The van der Waals surface area contributed by atoms with Gasteiger partial charge in [-0.25, -0.2) is 4.39 Å². The lowest BCUT2D eigenvalue weighted by atomic mass is 10.1. The van der Waals surface area contributed by atoms with Crippen LogP contribution in [0.25, 0.3) is 0 Å². The van der Waals surface area contributed by atoms with Gasteiger partial charge in [0, 0.05) is 39.8 Å². The highest BCUT2D eigenvalue weighted by molar-refractivity contribution is 5.94. The van der Waals surface area contributed by atoms with Crippen molar-refractivity contribution < 1.29 is 13.9 Å². The van der Waals surface area contributed by atoms with Crippen LogP contribution < -0.4 is 0 Å². The fraction of sp³-hybridized carbons (Fsp3) is 0.533. The monoisotopic (exact) mass is 280 g/mol. The maximum absolute atomic E-state index is 13.7. The summed E-state index contributed by atoms with van der Waals surface area (Å²) in [5, 5.41) is 0. The molecule has 110 valence electrons. The zero-order valence-corrected chi connectivity index (χ0v) is 12.1. The summed E-state index contributed by atoms with van der Waals surface area (Å²) in [6.07, 6.45) is 0. The van der Waals surface area contributed by atoms with E-state index >= 15 is 0 Å². The van der Waals surface area contributed by atoms with Gasteiger partial charge in [0.1, 0.15) is 5.82 Å². The molecule has 0 spiro atoms. The Morgan fingerprint density at radius 2 is 2.00 bits per heavy atom. The Bertz CT molecular complexity index is 471. The number of methoxy groups -OCH3 is 1. The third-order valence-corrected chi connectivity index (χ3v) is 3.62. The van der Waals surface area contributed by atoms with Gasteiger partial charge in [0.05, 0.1) is 12.2 Å². The summed E-state index contributed by atoms with van der Waals surface area (Å²) in [5.41, 5.74) is 1.07. The summed E-state index contributed by atoms with van der Waals surface area (Å²) in [7, 11) is 1.68. The first-order chi connectivity index (χ1) is 9.61. The summed E-state index contributed by atoms with van der Waals surface area (Å²) < 4.78 is 18.8. The first-order valence-corrected chi connectivity index (χ1v) is 6.88. The zero-order valence-electron chi connectivity index (χ0n) is 12.1. The average molecular weight is 280 g/mol. The predicted molar refractivity (Wildman–Crippen MR) is 75.4 cm³/mol. The minimum absolute atomic E-state index is 0.176. The maximum atomic E-state index is 13.7. The maximum Gasteiger partial charge on any atom is 0.256 e. The molecule has 5 heteroatoms. The first kappa shape index (κ1) is 14.9. The minimum atomic E-state index is -0.442. The van der Waals surface area contributed by atoms with Gasteiger partial charge in [-0.05, 0) is 19.1 Å². The Kier molecular flexibility index (Phi) is 5.09. The SMILES string of the molecule is COCCN1CCN(C(=O)c2cc(C)ccc2F)CC1. The Morgan fingerprint density at radius 3 is 2.65 bits per heavy atom. The number of rotatable bonds is 4. The lowest BCUT2D eigenvalue weighted by Crippen LogP contribution is -2.49. The van der Waals surface area contributed by atoms with E-state index in [2.05, 4.69) is 4.90 Å². The second-order valence-electron chi connectivity index (χ2n) is 5.11. The normalized spacial score (nSPS) is 16.4. The molecular weight excluding hydrogens is 259 g/mol. The lowest BCUT2D eigenvalue weighted by molar-refractivity contribution is 0.0590. The van der Waals surface area contributed by atoms with Crippen LogP contribution in [0.1, 0.15) is 15.9 Å². The average Bonchev–Trinajstić information content (AvgIpc) is 2.47. The molecule has 0 saturated carbocycles. The van der Waals surface area contributed by atoms with Crippen LogP contribution in [0.4, 0.5) is 4.39 Å². The summed E-state index contributed by atoms with van der Waals surface area (Å²) in [6.45, 7) is 6.31. The van der Waals surface area contributed by atoms with E-state index in [9.17, 15) is 9.18 Å². The second-order valence-corrected chi connectivity index (χ2v) is 5.11. The number of halogens is 1. The van der Waals surface area contributed by atoms with Crippen LogP contribution in [0.15, 0.2) is 18.2 Å². The van der Waals surface area contributed by atoms with Gasteiger partial charge < -0.3 is 9.64 Å². The van der Waals surface area contributed by atoms with E-state index < -0.39 is 5.82 Å². The summed E-state index contributed by atoms with van der Waals surface area (Å²) in [5.74, 6) is -0.653. The van der Waals surface area contributed by atoms with Crippen molar-refractivity contribution in [3.05, 3.63) is 35.1 Å². The molecular formula is C15H21FN2O2. The van der Waals surface area contributed by atoms with Crippen molar-refractivity contribution in [2.75, 3.05) is 46.4 Å². The van der Waals surface area contributed by atoms with Crippen molar-refractivity contribution in [1.29, 1.82) is 0 Å². The van der Waals surface area contributed by atoms with Gasteiger partial charge in [0.2, 0.25) is 0 Å². The summed E-state index contributed by atoms with van der Waals surface area (Å²) in [6, 6.07) is 4.65. The van der Waals surface area contributed by atoms with Crippen LogP contribution >= 0.6 is 0 Å². The van der Waals surface area contributed by atoms with Gasteiger partial charge in [0.15, 0.2) is 0 Å². The molecule has 1 saturated heterocycles. The van der Waals surface area contributed by atoms with Gasteiger partial charge in [0.25, 0.3) is 5.91 Å². The number of hydrogen-bond acceptors (Lipinski definition) is 3. The Morgan fingerprint density at radius 1 is 1.30 bits per heavy atom. The number of piperazine rings is 1. The number of nitrogens with zero attached hydrogens (tertiary/aromatic N) is 2. The number of hydrogen-bond donors (Lipinski definition) is 0. The molecule has 1 heterocycles. The molecule has 0 aliphatic carbocycles. The molecule has 1 aromatic carbocycles. The third-order valence-electron chi connectivity index (χ3n) is 3.62. The highest BCUT2D eigenvalue weighted by Crippen LogP contribution is 2.14. The van der Waals surface area contributed by atoms with Gasteiger partial charge in [-0.3, -0.25) is 9.69 Å². The van der Waals surface area contributed by atoms with Gasteiger partial charge in [-0.2, -0.15) is 0 Å². The predicted octanol–water partition coefficient (Wildman–Crippen LogP) is 1.54. The van der Waals surface area contributed by atoms with E-state index in [1.807, 2.05) is 6.92 Å². The van der Waals surface area contributed by atoms with E-state index in [1.54, 1.807) is 24.1 Å². The lowest BCUT2D eigenvalue weighted by Gasteiger charge is -2.34. The van der Waals surface area contributed by atoms with E-state index in [0.29, 0.717) is 19.7 Å². The minimum Gasteiger partial charge on any atom is -0.383 e. The van der Waals surface area contributed by atoms with E-state index in [4.69, 9.17) is 4.74 Å². The van der Waals surface area contributed by atoms with Crippen molar-refractivity contribution in [1.82, 2.24) is 9.80 Å². The summed E-state index contributed by atoms with van der Waals surface area (Å²) in [4.78, 5) is 16.3. The number of aryl methyl sites for hydroxylation is 1. The smallest absolute Gasteiger partial charge is 0.256 e. The van der Waals surface area contributed by atoms with Crippen molar-refractivity contribution in [3.8, 4) is 0 Å². The van der Waals surface area contributed by atoms with Crippen molar-refractivity contribution >= 4 is 5.91 Å². The first-order valence-electron chi connectivity index (χ1n) is 6.88. The quantitative estimate of drug-likeness (QED) is 0.838. The van der Waals surface area contributed by atoms with Gasteiger partial charge >= 0.3 is 0 Å². The molecule has 20 heavy (non-hydrogen) atoms. The largest absolute Gasteiger partial charge is 0.383 e. The molecule has 0 N–H and O–H groups in total. The zero-order chi connectivity index (χ0) is 14.5. The van der Waals surface area contributed by atoms with Crippen LogP contribution in [-0.2, 0) is 4.74 Å². The fourth-order valence-corrected chi connectivity index (χ4v) is 2.37. The number of benzene rings is 1. The second kappa shape index (κ2) is 6.81. The van der Waals surface area contributed by atoms with Crippen molar-refractivity contribution in [2.45, 2.75) is 6.92 Å². The highest BCUT2D eigenvalue weighted by atomic mass is 19.1. The number of ether oxygens (including phenoxy) is 1. The van der Waals surface area contributed by atoms with E-state index in [-0.39, 0.29) is 11.5 Å². The van der Waals surface area contributed by atoms with E-state index in [0.717, 1.165) is 25.2 Å². The molecule has 0 atom stereocenters. The molecule has 0 aromatic heterocycles. The van der Waals surface area contributed by atoms with Crippen LogP contribution in [-0.4, -0.2) is 62.1 Å². The van der Waals surface area contributed by atoms with E-state index in [1.165, 1.54) is 6.07 Å². The molecule has 0 unspecified atom stereocenters. The van der Waals surface area contributed by atoms with Crippen molar-refractivity contribution in [2.24, 2.45) is 0 Å². The van der Waals surface area contributed by atoms with Gasteiger partial charge in [-0.15, -0.1) is 0 Å². The molecule has 1 amide bonds. The van der Waals surface area contributed by atoms with Crippen LogP contribution in [0.5, 0.6) is 0 Å². The fourth-order valence-electron chi connectivity index (χ4n) is 2.37. The molecule has 1 aromatic rings. The van der Waals surface area contributed by atoms with Crippen LogP contribution in [0.2, 0.25) is 0 Å². The molecule has 0 bridgehead atoms.